The molecule has 0 bridgehead atoms. The summed E-state index contributed by atoms with van der Waals surface area (Å²) in [5.41, 5.74) is 0. The standard InChI is InChI=1S/C62H118NO8P/c1-6-8-10-12-14-16-18-20-22-24-25-26-27-28-29-30-31-32-33-34-35-36-37-39-40-42-44-46-48-50-52-54-61(64)68-58-60(59-70-72(66,67)69-57-56-63(3,4)5)71-62(65)55-53-51-49-47-45-43-41-38-23-21-19-17-15-13-11-9-7-2/h15,17,21,23-25,60H,6-14,16,18-20,22,26-59H2,1-5H3/b17-15-,23-21-,25-24-. The smallest absolute Gasteiger partial charge is 0.306 e. The second-order valence-corrected chi connectivity index (χ2v) is 23.5. The van der Waals surface area contributed by atoms with Gasteiger partial charge in [-0.15, -0.1) is 0 Å². The normalized spacial score (nSPS) is 13.5. The number of ether oxygens (including phenoxy) is 2. The van der Waals surface area contributed by atoms with Crippen LogP contribution in [0.5, 0.6) is 0 Å². The molecule has 0 N–H and O–H groups in total. The maximum absolute atomic E-state index is 12.8. The van der Waals surface area contributed by atoms with E-state index in [0.717, 1.165) is 51.4 Å². The molecule has 0 aliphatic rings. The van der Waals surface area contributed by atoms with Gasteiger partial charge in [0, 0.05) is 12.8 Å². The fraction of sp³-hybridized carbons (Fsp3) is 0.871. The van der Waals surface area contributed by atoms with Crippen molar-refractivity contribution in [2.75, 3.05) is 47.5 Å². The molecule has 0 rings (SSSR count). The van der Waals surface area contributed by atoms with Gasteiger partial charge in [-0.2, -0.15) is 0 Å². The molecule has 0 radical (unpaired) electrons. The summed E-state index contributed by atoms with van der Waals surface area (Å²) in [6, 6.07) is 0. The Hall–Kier alpha value is -1.77. The summed E-state index contributed by atoms with van der Waals surface area (Å²) in [6.07, 6.45) is 66.4. The number of carbonyl (C=O) groups excluding carboxylic acids is 2. The van der Waals surface area contributed by atoms with E-state index < -0.39 is 26.5 Å². The van der Waals surface area contributed by atoms with Gasteiger partial charge in [-0.25, -0.2) is 0 Å². The third-order valence-electron chi connectivity index (χ3n) is 13.6. The topological polar surface area (TPSA) is 111 Å². The third kappa shape index (κ3) is 57.5. The van der Waals surface area contributed by atoms with Crippen molar-refractivity contribution >= 4 is 19.8 Å². The summed E-state index contributed by atoms with van der Waals surface area (Å²) in [5.74, 6) is -0.830. The van der Waals surface area contributed by atoms with Crippen LogP contribution in [0.25, 0.3) is 0 Å². The Morgan fingerprint density at radius 1 is 0.431 bits per heavy atom. The lowest BCUT2D eigenvalue weighted by molar-refractivity contribution is -0.870. The van der Waals surface area contributed by atoms with E-state index in [0.29, 0.717) is 17.4 Å². The third-order valence-corrected chi connectivity index (χ3v) is 14.6. The van der Waals surface area contributed by atoms with Gasteiger partial charge < -0.3 is 27.9 Å². The maximum Gasteiger partial charge on any atom is 0.306 e. The number of rotatable bonds is 57. The van der Waals surface area contributed by atoms with Gasteiger partial charge in [0.15, 0.2) is 6.10 Å². The number of carbonyl (C=O) groups is 2. The van der Waals surface area contributed by atoms with Crippen LogP contribution in [0.1, 0.15) is 296 Å². The van der Waals surface area contributed by atoms with Gasteiger partial charge in [0.25, 0.3) is 7.82 Å². The summed E-state index contributed by atoms with van der Waals surface area (Å²) in [6.45, 7) is 4.24. The Kier molecular flexibility index (Phi) is 52.7. The van der Waals surface area contributed by atoms with Crippen molar-refractivity contribution in [2.45, 2.75) is 302 Å². The number of unbranched alkanes of at least 4 members (excludes halogenated alkanes) is 37. The van der Waals surface area contributed by atoms with Gasteiger partial charge in [0.1, 0.15) is 19.8 Å². The molecule has 0 spiro atoms. The molecule has 0 aromatic heterocycles. The summed E-state index contributed by atoms with van der Waals surface area (Å²) >= 11 is 0. The Bertz CT molecular complexity index is 1310. The fourth-order valence-corrected chi connectivity index (χ4v) is 9.59. The Morgan fingerprint density at radius 2 is 0.750 bits per heavy atom. The maximum atomic E-state index is 12.8. The predicted octanol–water partition coefficient (Wildman–Crippen LogP) is 18.5. The zero-order chi connectivity index (χ0) is 52.7. The Balaban J connectivity index is 4.02. The molecule has 0 amide bonds. The molecular weight excluding hydrogens is 918 g/mol. The van der Waals surface area contributed by atoms with E-state index in [-0.39, 0.29) is 32.0 Å². The first-order valence-corrected chi connectivity index (χ1v) is 32.2. The van der Waals surface area contributed by atoms with Crippen molar-refractivity contribution in [3.05, 3.63) is 36.5 Å². The van der Waals surface area contributed by atoms with Crippen LogP contribution in [0, 0.1) is 0 Å². The van der Waals surface area contributed by atoms with E-state index in [1.54, 1.807) is 0 Å². The number of likely N-dealkylation sites (N-methyl/N-ethyl adjacent to an activating group) is 1. The van der Waals surface area contributed by atoms with Crippen molar-refractivity contribution in [3.8, 4) is 0 Å². The molecule has 72 heavy (non-hydrogen) atoms. The van der Waals surface area contributed by atoms with Crippen LogP contribution in [0.15, 0.2) is 36.5 Å². The van der Waals surface area contributed by atoms with E-state index in [1.165, 1.54) is 212 Å². The van der Waals surface area contributed by atoms with Crippen molar-refractivity contribution in [1.29, 1.82) is 0 Å². The van der Waals surface area contributed by atoms with Crippen LogP contribution in [-0.2, 0) is 32.7 Å². The molecule has 2 atom stereocenters. The molecule has 0 aromatic rings. The predicted molar refractivity (Wildman–Crippen MR) is 305 cm³/mol. The summed E-state index contributed by atoms with van der Waals surface area (Å²) in [7, 11) is 1.17. The average Bonchev–Trinajstić information content (AvgIpc) is 3.34. The number of quaternary nitrogens is 1. The second kappa shape index (κ2) is 54.0. The molecule has 424 valence electrons. The minimum absolute atomic E-state index is 0.0312. The van der Waals surface area contributed by atoms with E-state index >= 15 is 0 Å². The highest BCUT2D eigenvalue weighted by Gasteiger charge is 2.22. The molecule has 2 unspecified atom stereocenters. The van der Waals surface area contributed by atoms with Gasteiger partial charge in [-0.05, 0) is 70.6 Å². The van der Waals surface area contributed by atoms with Gasteiger partial charge in [-0.3, -0.25) is 14.2 Å². The summed E-state index contributed by atoms with van der Waals surface area (Å²) < 4.78 is 34.2. The first-order chi connectivity index (χ1) is 35.0. The molecule has 0 saturated carbocycles. The average molecular weight is 1040 g/mol. The monoisotopic (exact) mass is 1040 g/mol. The molecular formula is C62H118NO8P. The quantitative estimate of drug-likeness (QED) is 0.0195. The summed E-state index contributed by atoms with van der Waals surface area (Å²) in [5, 5.41) is 0. The van der Waals surface area contributed by atoms with Gasteiger partial charge in [0.2, 0.25) is 0 Å². The lowest BCUT2D eigenvalue weighted by Crippen LogP contribution is -2.37. The molecule has 0 aromatic carbocycles. The molecule has 10 heteroatoms. The molecule has 0 fully saturated rings. The zero-order valence-electron chi connectivity index (χ0n) is 48.1. The highest BCUT2D eigenvalue weighted by Crippen LogP contribution is 2.38. The molecule has 9 nitrogen and oxygen atoms in total. The van der Waals surface area contributed by atoms with Crippen LogP contribution in [0.2, 0.25) is 0 Å². The number of phosphoric acid groups is 1. The first-order valence-electron chi connectivity index (χ1n) is 30.7. The van der Waals surface area contributed by atoms with E-state index in [4.69, 9.17) is 18.5 Å². The summed E-state index contributed by atoms with van der Waals surface area (Å²) in [4.78, 5) is 37.9. The second-order valence-electron chi connectivity index (χ2n) is 22.1. The van der Waals surface area contributed by atoms with Crippen LogP contribution in [0.4, 0.5) is 0 Å². The Morgan fingerprint density at radius 3 is 1.14 bits per heavy atom. The molecule has 0 heterocycles. The fourth-order valence-electron chi connectivity index (χ4n) is 8.86. The number of esters is 2. The largest absolute Gasteiger partial charge is 0.756 e. The SMILES string of the molecule is CCCCC/C=C\C/C=C\CCCCCCCCCC(=O)OC(COC(=O)CCCCCCCCCCCCCCCCCCCCC/C=C\CCCCCCCCCC)COP(=O)([O-])OCC[N+](C)(C)C. The highest BCUT2D eigenvalue weighted by molar-refractivity contribution is 7.45. The van der Waals surface area contributed by atoms with Gasteiger partial charge in [0.05, 0.1) is 27.7 Å². The molecule has 0 aliphatic carbocycles. The van der Waals surface area contributed by atoms with Gasteiger partial charge in [-0.1, -0.05) is 249 Å². The number of nitrogens with zero attached hydrogens (tertiary/aromatic N) is 1. The lowest BCUT2D eigenvalue weighted by atomic mass is 10.0. The van der Waals surface area contributed by atoms with Crippen molar-refractivity contribution in [1.82, 2.24) is 0 Å². The minimum atomic E-state index is -4.64. The van der Waals surface area contributed by atoms with Gasteiger partial charge >= 0.3 is 11.9 Å². The van der Waals surface area contributed by atoms with Crippen LogP contribution in [0.3, 0.4) is 0 Å². The van der Waals surface area contributed by atoms with Crippen molar-refractivity contribution in [3.63, 3.8) is 0 Å². The minimum Gasteiger partial charge on any atom is -0.756 e. The number of phosphoric ester groups is 1. The Labute approximate surface area is 446 Å². The number of allylic oxidation sites excluding steroid dienone is 6. The van der Waals surface area contributed by atoms with E-state index in [1.807, 2.05) is 21.1 Å². The zero-order valence-corrected chi connectivity index (χ0v) is 49.0. The van der Waals surface area contributed by atoms with Crippen LogP contribution >= 0.6 is 7.82 Å². The highest BCUT2D eigenvalue weighted by atomic mass is 31.2. The number of hydrogen-bond donors (Lipinski definition) is 0. The first kappa shape index (κ1) is 70.2. The van der Waals surface area contributed by atoms with E-state index in [2.05, 4.69) is 50.3 Å². The van der Waals surface area contributed by atoms with Crippen LogP contribution < -0.4 is 4.89 Å². The van der Waals surface area contributed by atoms with Crippen molar-refractivity contribution < 1.29 is 42.1 Å². The number of hydrogen-bond acceptors (Lipinski definition) is 8. The molecule has 0 aliphatic heterocycles. The van der Waals surface area contributed by atoms with E-state index in [9.17, 15) is 19.0 Å². The lowest BCUT2D eigenvalue weighted by Gasteiger charge is -2.28. The van der Waals surface area contributed by atoms with Crippen molar-refractivity contribution in [2.24, 2.45) is 0 Å². The van der Waals surface area contributed by atoms with Crippen LogP contribution in [-0.4, -0.2) is 70.0 Å². The molecule has 0 saturated heterocycles.